The summed E-state index contributed by atoms with van der Waals surface area (Å²) in [6.45, 7) is 6.84. The summed E-state index contributed by atoms with van der Waals surface area (Å²) in [6, 6.07) is 0.624. The fourth-order valence-corrected chi connectivity index (χ4v) is 1.70. The van der Waals surface area contributed by atoms with E-state index in [1.807, 2.05) is 11.8 Å². The molecule has 1 N–H and O–H groups in total. The van der Waals surface area contributed by atoms with E-state index in [2.05, 4.69) is 41.0 Å². The molecule has 0 fully saturated rings. The number of halogens is 1. The van der Waals surface area contributed by atoms with Crippen LogP contribution in [0, 0.1) is 0 Å². The molecule has 1 atom stereocenters. The highest BCUT2D eigenvalue weighted by atomic mass is 79.9. The molecule has 1 nitrogen and oxygen atoms in total. The van der Waals surface area contributed by atoms with E-state index in [0.717, 1.165) is 11.0 Å². The molecule has 1 unspecified atom stereocenters. The zero-order valence-electron chi connectivity index (χ0n) is 7.19. The quantitative estimate of drug-likeness (QED) is 0.763. The van der Waals surface area contributed by atoms with E-state index in [4.69, 9.17) is 0 Å². The van der Waals surface area contributed by atoms with Gasteiger partial charge in [-0.15, -0.1) is 0 Å². The Morgan fingerprint density at radius 1 is 1.73 bits per heavy atom. The summed E-state index contributed by atoms with van der Waals surface area (Å²) in [7, 11) is 0. The van der Waals surface area contributed by atoms with Crippen LogP contribution in [0.25, 0.3) is 0 Å². The van der Waals surface area contributed by atoms with E-state index in [0.29, 0.717) is 6.04 Å². The SMILES string of the molecule is C=C(Br)CNC(CC)CSC. The van der Waals surface area contributed by atoms with Crippen LogP contribution in [0.3, 0.4) is 0 Å². The Hall–Kier alpha value is 0.530. The molecule has 0 aromatic heterocycles. The molecule has 0 rings (SSSR count). The molecule has 0 radical (unpaired) electrons. The van der Waals surface area contributed by atoms with Gasteiger partial charge in [0.25, 0.3) is 0 Å². The van der Waals surface area contributed by atoms with E-state index in [9.17, 15) is 0 Å². The van der Waals surface area contributed by atoms with Crippen LogP contribution in [0.4, 0.5) is 0 Å². The summed E-state index contributed by atoms with van der Waals surface area (Å²) < 4.78 is 1.03. The Labute approximate surface area is 82.1 Å². The number of hydrogen-bond donors (Lipinski definition) is 1. The molecular formula is C8H16BrNS. The van der Waals surface area contributed by atoms with E-state index in [-0.39, 0.29) is 0 Å². The van der Waals surface area contributed by atoms with Crippen LogP contribution in [0.5, 0.6) is 0 Å². The predicted octanol–water partition coefficient (Wildman–Crippen LogP) is 2.63. The molecule has 0 saturated carbocycles. The van der Waals surface area contributed by atoms with Gasteiger partial charge in [0, 0.05) is 22.8 Å². The maximum absolute atomic E-state index is 3.77. The van der Waals surface area contributed by atoms with Crippen molar-refractivity contribution < 1.29 is 0 Å². The van der Waals surface area contributed by atoms with Gasteiger partial charge in [-0.3, -0.25) is 0 Å². The highest BCUT2D eigenvalue weighted by Gasteiger charge is 2.02. The number of nitrogens with one attached hydrogen (secondary N) is 1. The van der Waals surface area contributed by atoms with Crippen LogP contribution >= 0.6 is 27.7 Å². The number of hydrogen-bond acceptors (Lipinski definition) is 2. The van der Waals surface area contributed by atoms with Crippen molar-refractivity contribution in [1.29, 1.82) is 0 Å². The summed E-state index contributed by atoms with van der Waals surface area (Å²) in [5.74, 6) is 1.18. The number of rotatable bonds is 6. The zero-order chi connectivity index (χ0) is 8.69. The van der Waals surface area contributed by atoms with Gasteiger partial charge in [-0.1, -0.05) is 29.4 Å². The molecule has 0 aliphatic carbocycles. The first kappa shape index (κ1) is 11.5. The smallest absolute Gasteiger partial charge is 0.0268 e. The van der Waals surface area contributed by atoms with Crippen molar-refractivity contribution in [3.8, 4) is 0 Å². The molecule has 0 aliphatic rings. The number of thioether (sulfide) groups is 1. The van der Waals surface area contributed by atoms with E-state index >= 15 is 0 Å². The molecule has 0 aromatic rings. The minimum Gasteiger partial charge on any atom is -0.309 e. The predicted molar refractivity (Wildman–Crippen MR) is 58.5 cm³/mol. The van der Waals surface area contributed by atoms with Gasteiger partial charge in [-0.25, -0.2) is 0 Å². The zero-order valence-corrected chi connectivity index (χ0v) is 9.59. The van der Waals surface area contributed by atoms with Gasteiger partial charge in [-0.05, 0) is 12.7 Å². The topological polar surface area (TPSA) is 12.0 Å². The minimum absolute atomic E-state index is 0.624. The van der Waals surface area contributed by atoms with Crippen molar-refractivity contribution >= 4 is 27.7 Å². The highest BCUT2D eigenvalue weighted by Crippen LogP contribution is 2.03. The average Bonchev–Trinajstić information content (AvgIpc) is 1.97. The molecule has 66 valence electrons. The largest absolute Gasteiger partial charge is 0.309 e. The lowest BCUT2D eigenvalue weighted by molar-refractivity contribution is 0.574. The monoisotopic (exact) mass is 237 g/mol. The van der Waals surface area contributed by atoms with Gasteiger partial charge < -0.3 is 5.32 Å². The van der Waals surface area contributed by atoms with Crippen LogP contribution in [-0.2, 0) is 0 Å². The Bertz CT molecular complexity index is 117. The first-order valence-corrected chi connectivity index (χ1v) is 5.95. The Morgan fingerprint density at radius 2 is 2.36 bits per heavy atom. The van der Waals surface area contributed by atoms with Gasteiger partial charge in [0.15, 0.2) is 0 Å². The average molecular weight is 238 g/mol. The molecule has 0 heterocycles. The first-order chi connectivity index (χ1) is 5.20. The van der Waals surface area contributed by atoms with Crippen molar-refractivity contribution in [3.63, 3.8) is 0 Å². The maximum Gasteiger partial charge on any atom is 0.0268 e. The van der Waals surface area contributed by atoms with Crippen LogP contribution in [-0.4, -0.2) is 24.6 Å². The summed E-state index contributed by atoms with van der Waals surface area (Å²) in [5, 5.41) is 3.40. The lowest BCUT2D eigenvalue weighted by atomic mass is 10.2. The van der Waals surface area contributed by atoms with Crippen molar-refractivity contribution in [1.82, 2.24) is 5.32 Å². The summed E-state index contributed by atoms with van der Waals surface area (Å²) >= 11 is 5.20. The molecule has 0 spiro atoms. The van der Waals surface area contributed by atoms with Crippen LogP contribution < -0.4 is 5.32 Å². The van der Waals surface area contributed by atoms with Crippen LogP contribution in [0.15, 0.2) is 11.1 Å². The van der Waals surface area contributed by atoms with Crippen molar-refractivity contribution in [2.45, 2.75) is 19.4 Å². The van der Waals surface area contributed by atoms with Gasteiger partial charge >= 0.3 is 0 Å². The molecule has 0 saturated heterocycles. The second-order valence-electron chi connectivity index (χ2n) is 2.46. The van der Waals surface area contributed by atoms with Gasteiger partial charge in [0.1, 0.15) is 0 Å². The molecule has 0 bridgehead atoms. The molecular weight excluding hydrogens is 222 g/mol. The van der Waals surface area contributed by atoms with Gasteiger partial charge in [0.2, 0.25) is 0 Å². The minimum atomic E-state index is 0.624. The fraction of sp³-hybridized carbons (Fsp3) is 0.750. The van der Waals surface area contributed by atoms with E-state index in [1.54, 1.807) is 0 Å². The molecule has 11 heavy (non-hydrogen) atoms. The third kappa shape index (κ3) is 6.91. The van der Waals surface area contributed by atoms with Crippen molar-refractivity contribution in [2.75, 3.05) is 18.6 Å². The standard InChI is InChI=1S/C8H16BrNS/c1-4-8(6-11-3)10-5-7(2)9/h8,10H,2,4-6H2,1,3H3. The summed E-state index contributed by atoms with van der Waals surface area (Å²) in [4.78, 5) is 0. The molecule has 0 amide bonds. The van der Waals surface area contributed by atoms with Crippen molar-refractivity contribution in [2.24, 2.45) is 0 Å². The van der Waals surface area contributed by atoms with Gasteiger partial charge in [0.05, 0.1) is 0 Å². The first-order valence-electron chi connectivity index (χ1n) is 3.76. The Kier molecular flexibility index (Phi) is 7.54. The second-order valence-corrected chi connectivity index (χ2v) is 4.49. The third-order valence-corrected chi connectivity index (χ3v) is 2.46. The van der Waals surface area contributed by atoms with Crippen molar-refractivity contribution in [3.05, 3.63) is 11.1 Å². The maximum atomic E-state index is 3.77. The lowest BCUT2D eigenvalue weighted by Crippen LogP contribution is -2.31. The van der Waals surface area contributed by atoms with E-state index < -0.39 is 0 Å². The Morgan fingerprint density at radius 3 is 2.73 bits per heavy atom. The van der Waals surface area contributed by atoms with Crippen LogP contribution in [0.1, 0.15) is 13.3 Å². The molecule has 0 aliphatic heterocycles. The second kappa shape index (κ2) is 7.19. The fourth-order valence-electron chi connectivity index (χ4n) is 0.777. The summed E-state index contributed by atoms with van der Waals surface area (Å²) in [5.41, 5.74) is 0. The third-order valence-electron chi connectivity index (χ3n) is 1.44. The summed E-state index contributed by atoms with van der Waals surface area (Å²) in [6.07, 6.45) is 3.31. The Balaban J connectivity index is 3.43. The highest BCUT2D eigenvalue weighted by molar-refractivity contribution is 9.11. The van der Waals surface area contributed by atoms with Gasteiger partial charge in [-0.2, -0.15) is 11.8 Å². The lowest BCUT2D eigenvalue weighted by Gasteiger charge is -2.14. The van der Waals surface area contributed by atoms with Crippen LogP contribution in [0.2, 0.25) is 0 Å². The normalized spacial score (nSPS) is 13.0. The van der Waals surface area contributed by atoms with E-state index in [1.165, 1.54) is 12.2 Å². The molecule has 0 aromatic carbocycles. The molecule has 3 heteroatoms.